The van der Waals surface area contributed by atoms with Crippen molar-refractivity contribution in [3.63, 3.8) is 0 Å². The van der Waals surface area contributed by atoms with Crippen molar-refractivity contribution in [3.8, 4) is 0 Å². The van der Waals surface area contributed by atoms with Gasteiger partial charge in [-0.05, 0) is 52.0 Å². The van der Waals surface area contributed by atoms with Crippen LogP contribution in [0.4, 0.5) is 0 Å². The number of allylic oxidation sites excluding steroid dienone is 2. The highest BCUT2D eigenvalue weighted by Gasteiger charge is 1.99. The van der Waals surface area contributed by atoms with Gasteiger partial charge in [0, 0.05) is 6.04 Å². The molecule has 0 radical (unpaired) electrons. The van der Waals surface area contributed by atoms with E-state index in [1.165, 1.54) is 83.6 Å². The molecule has 0 aromatic heterocycles. The van der Waals surface area contributed by atoms with Gasteiger partial charge in [-0.1, -0.05) is 64.5 Å². The molecule has 1 atom stereocenters. The van der Waals surface area contributed by atoms with Gasteiger partial charge in [0.1, 0.15) is 0 Å². The van der Waals surface area contributed by atoms with Crippen LogP contribution in [0.2, 0.25) is 0 Å². The maximum absolute atomic E-state index is 3.56. The van der Waals surface area contributed by atoms with Crippen LogP contribution in [0.25, 0.3) is 0 Å². The predicted molar refractivity (Wildman–Crippen MR) is 93.4 cm³/mol. The predicted octanol–water partition coefficient (Wildman–Crippen LogP) is 6.24. The molecular formula is C19H39N. The van der Waals surface area contributed by atoms with E-state index in [-0.39, 0.29) is 0 Å². The second-order valence-corrected chi connectivity index (χ2v) is 6.17. The first-order valence-corrected chi connectivity index (χ1v) is 9.19. The smallest absolute Gasteiger partial charge is 0.00387 e. The third-order valence-electron chi connectivity index (χ3n) is 3.89. The van der Waals surface area contributed by atoms with Crippen LogP contribution in [0.3, 0.4) is 0 Å². The normalized spacial score (nSPS) is 13.2. The molecule has 0 amide bonds. The Kier molecular flexibility index (Phi) is 16.5. The van der Waals surface area contributed by atoms with Crippen molar-refractivity contribution in [1.82, 2.24) is 5.32 Å². The van der Waals surface area contributed by atoms with Gasteiger partial charge >= 0.3 is 0 Å². The lowest BCUT2D eigenvalue weighted by Crippen LogP contribution is -2.26. The Balaban J connectivity index is 3.14. The summed E-state index contributed by atoms with van der Waals surface area (Å²) in [7, 11) is 0. The molecular weight excluding hydrogens is 242 g/mol. The lowest BCUT2D eigenvalue weighted by atomic mass is 10.1. The van der Waals surface area contributed by atoms with E-state index in [0.717, 1.165) is 0 Å². The van der Waals surface area contributed by atoms with Gasteiger partial charge in [0.15, 0.2) is 0 Å². The fraction of sp³-hybridized carbons (Fsp3) is 0.895. The van der Waals surface area contributed by atoms with Gasteiger partial charge in [-0.3, -0.25) is 0 Å². The van der Waals surface area contributed by atoms with Crippen LogP contribution in [-0.4, -0.2) is 12.6 Å². The van der Waals surface area contributed by atoms with Crippen molar-refractivity contribution in [2.24, 2.45) is 0 Å². The lowest BCUT2D eigenvalue weighted by molar-refractivity contribution is 0.481. The number of nitrogens with one attached hydrogen (secondary N) is 1. The minimum Gasteiger partial charge on any atom is -0.314 e. The Morgan fingerprint density at radius 3 is 1.95 bits per heavy atom. The molecule has 0 spiro atoms. The fourth-order valence-electron chi connectivity index (χ4n) is 2.48. The summed E-state index contributed by atoms with van der Waals surface area (Å²) < 4.78 is 0. The molecule has 120 valence electrons. The Bertz CT molecular complexity index is 198. The van der Waals surface area contributed by atoms with E-state index in [2.05, 4.69) is 38.2 Å². The molecule has 0 aromatic carbocycles. The zero-order chi connectivity index (χ0) is 14.9. The van der Waals surface area contributed by atoms with E-state index in [9.17, 15) is 0 Å². The van der Waals surface area contributed by atoms with Crippen molar-refractivity contribution in [3.05, 3.63) is 12.2 Å². The summed E-state index contributed by atoms with van der Waals surface area (Å²) in [5.41, 5.74) is 0. The molecule has 0 rings (SSSR count). The van der Waals surface area contributed by atoms with E-state index < -0.39 is 0 Å². The Labute approximate surface area is 128 Å². The molecule has 0 aliphatic rings. The van der Waals surface area contributed by atoms with Crippen molar-refractivity contribution < 1.29 is 0 Å². The van der Waals surface area contributed by atoms with Crippen LogP contribution in [0, 0.1) is 0 Å². The van der Waals surface area contributed by atoms with Crippen LogP contribution >= 0.6 is 0 Å². The van der Waals surface area contributed by atoms with Crippen LogP contribution < -0.4 is 5.32 Å². The van der Waals surface area contributed by atoms with E-state index in [1.807, 2.05) is 0 Å². The van der Waals surface area contributed by atoms with Gasteiger partial charge in [-0.15, -0.1) is 0 Å². The van der Waals surface area contributed by atoms with Gasteiger partial charge in [0.2, 0.25) is 0 Å². The monoisotopic (exact) mass is 281 g/mol. The first-order chi connectivity index (χ1) is 9.81. The van der Waals surface area contributed by atoms with Crippen LogP contribution in [-0.2, 0) is 0 Å². The van der Waals surface area contributed by atoms with Gasteiger partial charge < -0.3 is 5.32 Å². The molecule has 0 bridgehead atoms. The lowest BCUT2D eigenvalue weighted by Gasteiger charge is -2.12. The summed E-state index contributed by atoms with van der Waals surface area (Å²) in [5, 5.41) is 3.56. The van der Waals surface area contributed by atoms with Crippen LogP contribution in [0.1, 0.15) is 97.8 Å². The summed E-state index contributed by atoms with van der Waals surface area (Å²) in [4.78, 5) is 0. The second kappa shape index (κ2) is 16.8. The number of rotatable bonds is 15. The minimum atomic E-state index is 0.706. The van der Waals surface area contributed by atoms with Gasteiger partial charge in [-0.2, -0.15) is 0 Å². The van der Waals surface area contributed by atoms with Crippen molar-refractivity contribution >= 4 is 0 Å². The molecule has 0 aliphatic carbocycles. The topological polar surface area (TPSA) is 12.0 Å². The SMILES string of the molecule is CCCCCC/C=C/CCCCCCC(C)NCCC. The molecule has 0 saturated heterocycles. The zero-order valence-corrected chi connectivity index (χ0v) is 14.4. The number of unbranched alkanes of at least 4 members (excludes halogenated alkanes) is 8. The molecule has 0 saturated carbocycles. The van der Waals surface area contributed by atoms with E-state index >= 15 is 0 Å². The minimum absolute atomic E-state index is 0.706. The molecule has 0 heterocycles. The van der Waals surface area contributed by atoms with Gasteiger partial charge in [0.25, 0.3) is 0 Å². The summed E-state index contributed by atoms with van der Waals surface area (Å²) in [6.07, 6.45) is 21.1. The standard InChI is InChI=1S/C19H39N/c1-4-6-7-8-9-10-11-12-13-14-15-16-17-19(3)20-18-5-2/h10-11,19-20H,4-9,12-18H2,1-3H3/b11-10+. The number of hydrogen-bond donors (Lipinski definition) is 1. The highest BCUT2D eigenvalue weighted by Crippen LogP contribution is 2.09. The largest absolute Gasteiger partial charge is 0.314 e. The van der Waals surface area contributed by atoms with Crippen LogP contribution in [0.15, 0.2) is 12.2 Å². The summed E-state index contributed by atoms with van der Waals surface area (Å²) >= 11 is 0. The Morgan fingerprint density at radius 1 is 0.750 bits per heavy atom. The summed E-state index contributed by atoms with van der Waals surface area (Å²) in [6.45, 7) is 7.99. The summed E-state index contributed by atoms with van der Waals surface area (Å²) in [6, 6.07) is 0.706. The third-order valence-corrected chi connectivity index (χ3v) is 3.89. The van der Waals surface area contributed by atoms with Gasteiger partial charge in [0.05, 0.1) is 0 Å². The second-order valence-electron chi connectivity index (χ2n) is 6.17. The average molecular weight is 282 g/mol. The van der Waals surface area contributed by atoms with Crippen molar-refractivity contribution in [2.75, 3.05) is 6.54 Å². The third kappa shape index (κ3) is 15.8. The first-order valence-electron chi connectivity index (χ1n) is 9.19. The quantitative estimate of drug-likeness (QED) is 0.277. The van der Waals surface area contributed by atoms with E-state index in [1.54, 1.807) is 0 Å². The highest BCUT2D eigenvalue weighted by molar-refractivity contribution is 4.81. The first kappa shape index (κ1) is 19.7. The molecule has 20 heavy (non-hydrogen) atoms. The zero-order valence-electron chi connectivity index (χ0n) is 14.4. The van der Waals surface area contributed by atoms with Gasteiger partial charge in [-0.25, -0.2) is 0 Å². The molecule has 1 heteroatoms. The number of hydrogen-bond acceptors (Lipinski definition) is 1. The molecule has 0 fully saturated rings. The summed E-state index contributed by atoms with van der Waals surface area (Å²) in [5.74, 6) is 0. The average Bonchev–Trinajstić information content (AvgIpc) is 2.46. The fourth-order valence-corrected chi connectivity index (χ4v) is 2.48. The molecule has 0 aromatic rings. The highest BCUT2D eigenvalue weighted by atomic mass is 14.9. The van der Waals surface area contributed by atoms with Crippen molar-refractivity contribution in [2.45, 2.75) is 104 Å². The maximum Gasteiger partial charge on any atom is 0.00387 e. The van der Waals surface area contributed by atoms with E-state index in [0.29, 0.717) is 6.04 Å². The molecule has 0 aliphatic heterocycles. The molecule has 1 nitrogen and oxygen atoms in total. The maximum atomic E-state index is 3.56. The molecule has 1 unspecified atom stereocenters. The van der Waals surface area contributed by atoms with E-state index in [4.69, 9.17) is 0 Å². The Morgan fingerprint density at radius 2 is 1.35 bits per heavy atom. The van der Waals surface area contributed by atoms with Crippen LogP contribution in [0.5, 0.6) is 0 Å². The molecule has 1 N–H and O–H groups in total. The van der Waals surface area contributed by atoms with Crippen molar-refractivity contribution in [1.29, 1.82) is 0 Å². The Hall–Kier alpha value is -0.300.